The number of likely N-dealkylation sites (tertiary alicyclic amines) is 1. The summed E-state index contributed by atoms with van der Waals surface area (Å²) in [5, 5.41) is 0.737. The highest BCUT2D eigenvalue weighted by atomic mass is 35.5. The lowest BCUT2D eigenvalue weighted by Crippen LogP contribution is -2.39. The Hall–Kier alpha value is -1.98. The summed E-state index contributed by atoms with van der Waals surface area (Å²) in [6.45, 7) is 1.53. The van der Waals surface area contributed by atoms with E-state index < -0.39 is 0 Å². The largest absolute Gasteiger partial charge is 0.440 e. The monoisotopic (exact) mass is 400 g/mol. The molecule has 0 aliphatic carbocycles. The number of amides is 1. The molecular weight excluding hydrogens is 380 g/mol. The molecule has 2 heterocycles. The number of nitrogens with zero attached hydrogens (tertiary/aromatic N) is 2. The molecule has 0 saturated carbocycles. The highest BCUT2D eigenvalue weighted by molar-refractivity contribution is 7.99. The third-order valence-corrected chi connectivity index (χ3v) is 6.11. The van der Waals surface area contributed by atoms with E-state index in [2.05, 4.69) is 4.98 Å². The molecule has 2 aromatic carbocycles. The zero-order valence-corrected chi connectivity index (χ0v) is 16.5. The van der Waals surface area contributed by atoms with Crippen molar-refractivity contribution in [3.8, 4) is 0 Å². The van der Waals surface area contributed by atoms with Gasteiger partial charge >= 0.3 is 0 Å². The van der Waals surface area contributed by atoms with Crippen LogP contribution in [0.4, 0.5) is 0 Å². The Kier molecular flexibility index (Phi) is 5.69. The Morgan fingerprint density at radius 3 is 2.78 bits per heavy atom. The predicted molar refractivity (Wildman–Crippen MR) is 110 cm³/mol. The number of fused-ring (bicyclic) bond motifs is 1. The first-order chi connectivity index (χ1) is 13.2. The van der Waals surface area contributed by atoms with Crippen LogP contribution in [0.1, 0.15) is 30.2 Å². The van der Waals surface area contributed by atoms with Gasteiger partial charge in [0.05, 0.1) is 5.75 Å². The van der Waals surface area contributed by atoms with Crippen molar-refractivity contribution >= 4 is 40.4 Å². The summed E-state index contributed by atoms with van der Waals surface area (Å²) in [5.41, 5.74) is 2.89. The highest BCUT2D eigenvalue weighted by Gasteiger charge is 2.26. The van der Waals surface area contributed by atoms with E-state index in [4.69, 9.17) is 16.0 Å². The summed E-state index contributed by atoms with van der Waals surface area (Å²) in [4.78, 5) is 19.1. The molecule has 4 nitrogen and oxygen atoms in total. The molecule has 1 fully saturated rings. The summed E-state index contributed by atoms with van der Waals surface area (Å²) in [6, 6.07) is 15.6. The van der Waals surface area contributed by atoms with Crippen LogP contribution in [0, 0.1) is 0 Å². The quantitative estimate of drug-likeness (QED) is 0.596. The maximum Gasteiger partial charge on any atom is 0.232 e. The van der Waals surface area contributed by atoms with Crippen molar-refractivity contribution in [3.05, 3.63) is 65.0 Å². The van der Waals surface area contributed by atoms with E-state index in [1.807, 2.05) is 53.4 Å². The first-order valence-electron chi connectivity index (χ1n) is 9.14. The fourth-order valence-electron chi connectivity index (χ4n) is 3.41. The summed E-state index contributed by atoms with van der Waals surface area (Å²) in [6.07, 6.45) is 1.80. The highest BCUT2D eigenvalue weighted by Crippen LogP contribution is 2.30. The predicted octanol–water partition coefficient (Wildman–Crippen LogP) is 5.12. The Bertz CT molecular complexity index is 902. The normalized spacial score (nSPS) is 15.4. The van der Waals surface area contributed by atoms with Crippen molar-refractivity contribution in [1.82, 2.24) is 9.88 Å². The van der Waals surface area contributed by atoms with Crippen LogP contribution < -0.4 is 0 Å². The van der Waals surface area contributed by atoms with Crippen molar-refractivity contribution < 1.29 is 9.21 Å². The van der Waals surface area contributed by atoms with Crippen LogP contribution in [0.25, 0.3) is 11.1 Å². The summed E-state index contributed by atoms with van der Waals surface area (Å²) in [5.74, 6) is 2.60. The number of hydrogen-bond acceptors (Lipinski definition) is 4. The number of oxazole rings is 1. The van der Waals surface area contributed by atoms with Gasteiger partial charge in [0.2, 0.25) is 5.91 Å². The van der Waals surface area contributed by atoms with Crippen LogP contribution >= 0.6 is 23.4 Å². The second kappa shape index (κ2) is 8.36. The Morgan fingerprint density at radius 1 is 1.19 bits per heavy atom. The molecule has 0 radical (unpaired) electrons. The average molecular weight is 401 g/mol. The van der Waals surface area contributed by atoms with Crippen LogP contribution in [0.3, 0.4) is 0 Å². The van der Waals surface area contributed by atoms with Crippen LogP contribution in [0.2, 0.25) is 5.02 Å². The van der Waals surface area contributed by atoms with Gasteiger partial charge in [0.25, 0.3) is 0 Å². The minimum absolute atomic E-state index is 0.207. The van der Waals surface area contributed by atoms with E-state index in [0.29, 0.717) is 11.7 Å². The molecule has 0 N–H and O–H groups in total. The SMILES string of the molecule is O=C(CSCc1cccc(Cl)c1)N1CCC(c2nc3ccccc3o2)CC1. The Balaban J connectivity index is 1.26. The van der Waals surface area contributed by atoms with E-state index >= 15 is 0 Å². The lowest BCUT2D eigenvalue weighted by molar-refractivity contribution is -0.129. The van der Waals surface area contributed by atoms with E-state index in [0.717, 1.165) is 59.3 Å². The second-order valence-corrected chi connectivity index (χ2v) is 8.22. The van der Waals surface area contributed by atoms with Crippen LogP contribution in [0.15, 0.2) is 52.9 Å². The molecule has 1 aliphatic rings. The zero-order valence-electron chi connectivity index (χ0n) is 14.9. The van der Waals surface area contributed by atoms with Crippen molar-refractivity contribution in [1.29, 1.82) is 0 Å². The van der Waals surface area contributed by atoms with Crippen LogP contribution in [-0.4, -0.2) is 34.6 Å². The third kappa shape index (κ3) is 4.47. The number of para-hydroxylation sites is 2. The molecular formula is C21H21ClN2O2S. The fraction of sp³-hybridized carbons (Fsp3) is 0.333. The van der Waals surface area contributed by atoms with Gasteiger partial charge < -0.3 is 9.32 Å². The second-order valence-electron chi connectivity index (χ2n) is 6.80. The van der Waals surface area contributed by atoms with Gasteiger partial charge in [-0.05, 0) is 42.7 Å². The van der Waals surface area contributed by atoms with Crippen molar-refractivity contribution in [2.45, 2.75) is 24.5 Å². The van der Waals surface area contributed by atoms with E-state index in [1.165, 1.54) is 0 Å². The Labute approximate surface area is 167 Å². The molecule has 140 valence electrons. The standard InChI is InChI=1S/C21H21ClN2O2S/c22-17-5-3-4-15(12-17)13-27-14-20(25)24-10-8-16(9-11-24)21-23-18-6-1-2-7-19(18)26-21/h1-7,12,16H,8-11,13-14H2. The van der Waals surface area contributed by atoms with Crippen LogP contribution in [0.5, 0.6) is 0 Å². The molecule has 0 spiro atoms. The lowest BCUT2D eigenvalue weighted by Gasteiger charge is -2.30. The molecule has 0 atom stereocenters. The minimum atomic E-state index is 0.207. The molecule has 3 aromatic rings. The number of carbonyl (C=O) groups excluding carboxylic acids is 1. The number of carbonyl (C=O) groups is 1. The maximum absolute atomic E-state index is 12.5. The molecule has 0 unspecified atom stereocenters. The zero-order chi connectivity index (χ0) is 18.6. The molecule has 1 aromatic heterocycles. The maximum atomic E-state index is 12.5. The smallest absolute Gasteiger partial charge is 0.232 e. The first kappa shape index (κ1) is 18.4. The van der Waals surface area contributed by atoms with Crippen LogP contribution in [-0.2, 0) is 10.5 Å². The molecule has 27 heavy (non-hydrogen) atoms. The number of aromatic nitrogens is 1. The van der Waals surface area contributed by atoms with E-state index in [1.54, 1.807) is 11.8 Å². The van der Waals surface area contributed by atoms with Gasteiger partial charge in [-0.15, -0.1) is 11.8 Å². The van der Waals surface area contributed by atoms with Crippen molar-refractivity contribution in [3.63, 3.8) is 0 Å². The number of hydrogen-bond donors (Lipinski definition) is 0. The number of piperidine rings is 1. The van der Waals surface area contributed by atoms with Gasteiger partial charge in [0.1, 0.15) is 5.52 Å². The van der Waals surface area contributed by atoms with Gasteiger partial charge in [-0.25, -0.2) is 4.98 Å². The van der Waals surface area contributed by atoms with E-state index in [-0.39, 0.29) is 5.91 Å². The van der Waals surface area contributed by atoms with Gasteiger partial charge in [-0.2, -0.15) is 0 Å². The Morgan fingerprint density at radius 2 is 2.00 bits per heavy atom. The van der Waals surface area contributed by atoms with Gasteiger partial charge in [-0.1, -0.05) is 35.9 Å². The van der Waals surface area contributed by atoms with Gasteiger partial charge in [-0.3, -0.25) is 4.79 Å². The first-order valence-corrected chi connectivity index (χ1v) is 10.7. The minimum Gasteiger partial charge on any atom is -0.440 e. The average Bonchev–Trinajstić information content (AvgIpc) is 3.12. The molecule has 1 saturated heterocycles. The number of halogens is 1. The lowest BCUT2D eigenvalue weighted by atomic mass is 9.97. The van der Waals surface area contributed by atoms with Gasteiger partial charge in [0.15, 0.2) is 11.5 Å². The third-order valence-electron chi connectivity index (χ3n) is 4.89. The number of thioether (sulfide) groups is 1. The molecule has 1 amide bonds. The number of rotatable bonds is 5. The molecule has 1 aliphatic heterocycles. The van der Waals surface area contributed by atoms with Gasteiger partial charge in [0, 0.05) is 29.8 Å². The van der Waals surface area contributed by atoms with Crippen molar-refractivity contribution in [2.24, 2.45) is 0 Å². The van der Waals surface area contributed by atoms with Crippen molar-refractivity contribution in [2.75, 3.05) is 18.8 Å². The summed E-state index contributed by atoms with van der Waals surface area (Å²) >= 11 is 7.64. The summed E-state index contributed by atoms with van der Waals surface area (Å²) in [7, 11) is 0. The molecule has 0 bridgehead atoms. The topological polar surface area (TPSA) is 46.3 Å². The number of benzene rings is 2. The van der Waals surface area contributed by atoms with E-state index in [9.17, 15) is 4.79 Å². The summed E-state index contributed by atoms with van der Waals surface area (Å²) < 4.78 is 5.90. The molecule has 4 rings (SSSR count). The fourth-order valence-corrected chi connectivity index (χ4v) is 4.50. The molecule has 6 heteroatoms.